The number of benzene rings is 1. The molecule has 0 bridgehead atoms. The summed E-state index contributed by atoms with van der Waals surface area (Å²) in [7, 11) is 0. The van der Waals surface area contributed by atoms with Crippen molar-refractivity contribution in [1.29, 1.82) is 0 Å². The SMILES string of the molecule is CCNC(c1coc(C)c1)c1ccc(OCC)cc1Br. The topological polar surface area (TPSA) is 34.4 Å². The first-order valence-corrected chi connectivity index (χ1v) is 7.65. The molecule has 2 rings (SSSR count). The Bertz CT molecular complexity index is 565. The van der Waals surface area contributed by atoms with E-state index >= 15 is 0 Å². The Morgan fingerprint density at radius 1 is 1.30 bits per heavy atom. The van der Waals surface area contributed by atoms with Crippen molar-refractivity contribution in [2.75, 3.05) is 13.2 Å². The Hall–Kier alpha value is -1.26. The van der Waals surface area contributed by atoms with Gasteiger partial charge in [-0.1, -0.05) is 28.9 Å². The molecule has 0 amide bonds. The summed E-state index contributed by atoms with van der Waals surface area (Å²) in [5.41, 5.74) is 2.31. The first kappa shape index (κ1) is 15.1. The van der Waals surface area contributed by atoms with Crippen LogP contribution in [0.25, 0.3) is 0 Å². The van der Waals surface area contributed by atoms with Gasteiger partial charge in [0.15, 0.2) is 0 Å². The first-order chi connectivity index (χ1) is 9.65. The predicted molar refractivity (Wildman–Crippen MR) is 84.3 cm³/mol. The first-order valence-electron chi connectivity index (χ1n) is 6.86. The minimum atomic E-state index is 0.113. The molecule has 2 aromatic rings. The summed E-state index contributed by atoms with van der Waals surface area (Å²) in [6, 6.07) is 8.28. The van der Waals surface area contributed by atoms with E-state index in [-0.39, 0.29) is 6.04 Å². The summed E-state index contributed by atoms with van der Waals surface area (Å²) in [6.45, 7) is 7.59. The van der Waals surface area contributed by atoms with Gasteiger partial charge in [0.25, 0.3) is 0 Å². The van der Waals surface area contributed by atoms with Crippen molar-refractivity contribution in [3.63, 3.8) is 0 Å². The molecule has 0 radical (unpaired) electrons. The average molecular weight is 338 g/mol. The summed E-state index contributed by atoms with van der Waals surface area (Å²) in [6.07, 6.45) is 1.81. The molecule has 0 saturated carbocycles. The number of hydrogen-bond acceptors (Lipinski definition) is 3. The molecule has 4 heteroatoms. The van der Waals surface area contributed by atoms with E-state index in [2.05, 4.69) is 40.3 Å². The highest BCUT2D eigenvalue weighted by Crippen LogP contribution is 2.32. The summed E-state index contributed by atoms with van der Waals surface area (Å²) in [5.74, 6) is 1.80. The van der Waals surface area contributed by atoms with Crippen LogP contribution in [-0.4, -0.2) is 13.2 Å². The number of rotatable bonds is 6. The Morgan fingerprint density at radius 2 is 2.10 bits per heavy atom. The predicted octanol–water partition coefficient (Wildman–Crippen LogP) is 4.45. The summed E-state index contributed by atoms with van der Waals surface area (Å²) >= 11 is 3.64. The molecule has 0 aliphatic rings. The van der Waals surface area contributed by atoms with Crippen LogP contribution in [0.4, 0.5) is 0 Å². The maximum atomic E-state index is 5.52. The molecule has 1 aromatic carbocycles. The molecule has 0 spiro atoms. The molecule has 3 nitrogen and oxygen atoms in total. The standard InChI is InChI=1S/C16H20BrNO2/c1-4-18-16(12-8-11(3)20-10-12)14-7-6-13(19-5-2)9-15(14)17/h6-10,16,18H,4-5H2,1-3H3. The monoisotopic (exact) mass is 337 g/mol. The van der Waals surface area contributed by atoms with Gasteiger partial charge in [-0.05, 0) is 44.2 Å². The summed E-state index contributed by atoms with van der Waals surface area (Å²) in [5, 5.41) is 3.49. The van der Waals surface area contributed by atoms with E-state index in [0.717, 1.165) is 28.1 Å². The van der Waals surface area contributed by atoms with Gasteiger partial charge >= 0.3 is 0 Å². The fraction of sp³-hybridized carbons (Fsp3) is 0.375. The van der Waals surface area contributed by atoms with Crippen molar-refractivity contribution in [2.24, 2.45) is 0 Å². The van der Waals surface area contributed by atoms with Crippen molar-refractivity contribution >= 4 is 15.9 Å². The molecular formula is C16H20BrNO2. The molecule has 1 N–H and O–H groups in total. The molecule has 1 unspecified atom stereocenters. The van der Waals surface area contributed by atoms with E-state index in [4.69, 9.17) is 9.15 Å². The van der Waals surface area contributed by atoms with Crippen LogP contribution in [-0.2, 0) is 0 Å². The third-order valence-electron chi connectivity index (χ3n) is 3.09. The molecule has 108 valence electrons. The van der Waals surface area contributed by atoms with Crippen molar-refractivity contribution in [3.05, 3.63) is 51.9 Å². The zero-order valence-corrected chi connectivity index (χ0v) is 13.7. The summed E-state index contributed by atoms with van der Waals surface area (Å²) in [4.78, 5) is 0. The van der Waals surface area contributed by atoms with Gasteiger partial charge in [0, 0.05) is 10.0 Å². The van der Waals surface area contributed by atoms with Crippen LogP contribution in [0, 0.1) is 6.92 Å². The summed E-state index contributed by atoms with van der Waals surface area (Å²) < 4.78 is 12.0. The van der Waals surface area contributed by atoms with Crippen LogP contribution in [0.5, 0.6) is 5.75 Å². The second kappa shape index (κ2) is 6.95. The largest absolute Gasteiger partial charge is 0.494 e. The number of hydrogen-bond donors (Lipinski definition) is 1. The van der Waals surface area contributed by atoms with E-state index in [0.29, 0.717) is 6.61 Å². The molecule has 0 fully saturated rings. The van der Waals surface area contributed by atoms with Crippen molar-refractivity contribution in [2.45, 2.75) is 26.8 Å². The Labute approximate surface area is 128 Å². The molecule has 0 aliphatic heterocycles. The minimum Gasteiger partial charge on any atom is -0.494 e. The van der Waals surface area contributed by atoms with Crippen molar-refractivity contribution in [1.82, 2.24) is 5.32 Å². The molecule has 20 heavy (non-hydrogen) atoms. The van der Waals surface area contributed by atoms with E-state index in [1.54, 1.807) is 0 Å². The normalized spacial score (nSPS) is 12.4. The molecule has 0 saturated heterocycles. The average Bonchev–Trinajstić information content (AvgIpc) is 2.84. The lowest BCUT2D eigenvalue weighted by atomic mass is 10.0. The van der Waals surface area contributed by atoms with Gasteiger partial charge < -0.3 is 14.5 Å². The number of nitrogens with one attached hydrogen (secondary N) is 1. The van der Waals surface area contributed by atoms with Crippen LogP contribution >= 0.6 is 15.9 Å². The van der Waals surface area contributed by atoms with Crippen molar-refractivity contribution in [3.8, 4) is 5.75 Å². The van der Waals surface area contributed by atoms with E-state index < -0.39 is 0 Å². The van der Waals surface area contributed by atoms with Crippen LogP contribution in [0.3, 0.4) is 0 Å². The van der Waals surface area contributed by atoms with Crippen LogP contribution in [0.2, 0.25) is 0 Å². The second-order valence-electron chi connectivity index (χ2n) is 4.60. The molecular weight excluding hydrogens is 318 g/mol. The highest BCUT2D eigenvalue weighted by Gasteiger charge is 2.18. The lowest BCUT2D eigenvalue weighted by Gasteiger charge is -2.19. The van der Waals surface area contributed by atoms with Gasteiger partial charge in [0.05, 0.1) is 18.9 Å². The van der Waals surface area contributed by atoms with Crippen LogP contribution < -0.4 is 10.1 Å². The molecule has 1 aromatic heterocycles. The number of aryl methyl sites for hydroxylation is 1. The lowest BCUT2D eigenvalue weighted by Crippen LogP contribution is -2.21. The van der Waals surface area contributed by atoms with E-state index in [1.165, 1.54) is 5.56 Å². The lowest BCUT2D eigenvalue weighted by molar-refractivity contribution is 0.340. The van der Waals surface area contributed by atoms with Gasteiger partial charge in [-0.25, -0.2) is 0 Å². The van der Waals surface area contributed by atoms with Crippen molar-refractivity contribution < 1.29 is 9.15 Å². The van der Waals surface area contributed by atoms with E-state index in [9.17, 15) is 0 Å². The van der Waals surface area contributed by atoms with Gasteiger partial charge in [0.1, 0.15) is 11.5 Å². The third-order valence-corrected chi connectivity index (χ3v) is 3.77. The van der Waals surface area contributed by atoms with Gasteiger partial charge in [-0.2, -0.15) is 0 Å². The van der Waals surface area contributed by atoms with E-state index in [1.807, 2.05) is 32.2 Å². The van der Waals surface area contributed by atoms with Gasteiger partial charge in [-0.3, -0.25) is 0 Å². The zero-order chi connectivity index (χ0) is 14.5. The fourth-order valence-corrected chi connectivity index (χ4v) is 2.81. The molecule has 1 atom stereocenters. The highest BCUT2D eigenvalue weighted by atomic mass is 79.9. The maximum Gasteiger partial charge on any atom is 0.120 e. The number of halogens is 1. The highest BCUT2D eigenvalue weighted by molar-refractivity contribution is 9.10. The zero-order valence-electron chi connectivity index (χ0n) is 12.1. The van der Waals surface area contributed by atoms with Gasteiger partial charge in [-0.15, -0.1) is 0 Å². The quantitative estimate of drug-likeness (QED) is 0.845. The minimum absolute atomic E-state index is 0.113. The fourth-order valence-electron chi connectivity index (χ4n) is 2.23. The second-order valence-corrected chi connectivity index (χ2v) is 5.45. The Morgan fingerprint density at radius 3 is 2.65 bits per heavy atom. The maximum absolute atomic E-state index is 5.52. The Kier molecular flexibility index (Phi) is 5.26. The smallest absolute Gasteiger partial charge is 0.120 e. The number of ether oxygens (including phenoxy) is 1. The third kappa shape index (κ3) is 3.44. The number of furan rings is 1. The molecule has 1 heterocycles. The van der Waals surface area contributed by atoms with Crippen LogP contribution in [0.15, 0.2) is 39.4 Å². The Balaban J connectivity index is 2.34. The van der Waals surface area contributed by atoms with Gasteiger partial charge in [0.2, 0.25) is 0 Å². The van der Waals surface area contributed by atoms with Crippen LogP contribution in [0.1, 0.15) is 36.8 Å². The molecule has 0 aliphatic carbocycles.